The minimum absolute atomic E-state index is 0.210. The zero-order valence-corrected chi connectivity index (χ0v) is 42.6. The average molecular weight is 1030 g/mol. The summed E-state index contributed by atoms with van der Waals surface area (Å²) in [4.78, 5) is 0. The van der Waals surface area contributed by atoms with E-state index in [0.717, 1.165) is 143 Å². The van der Waals surface area contributed by atoms with Crippen LogP contribution in [-0.2, 0) is 0 Å². The van der Waals surface area contributed by atoms with E-state index in [-0.39, 0.29) is 11.1 Å². The van der Waals surface area contributed by atoms with E-state index in [2.05, 4.69) is 158 Å². The van der Waals surface area contributed by atoms with Crippen molar-refractivity contribution < 1.29 is 17.6 Å². The zero-order valence-electron chi connectivity index (χ0n) is 42.6. The molecule has 0 heterocycles. The van der Waals surface area contributed by atoms with E-state index in [1.807, 2.05) is 48.5 Å². The van der Waals surface area contributed by atoms with Gasteiger partial charge in [-0.1, -0.05) is 231 Å². The van der Waals surface area contributed by atoms with Gasteiger partial charge in [0.1, 0.15) is 0 Å². The topological polar surface area (TPSA) is 0 Å². The predicted molar refractivity (Wildman–Crippen MR) is 324 cm³/mol. The van der Waals surface area contributed by atoms with Crippen molar-refractivity contribution >= 4 is 64.6 Å². The summed E-state index contributed by atoms with van der Waals surface area (Å²) in [5, 5.41) is 13.4. The molecule has 0 unspecified atom stereocenters. The van der Waals surface area contributed by atoms with Gasteiger partial charge in [0.2, 0.25) is 0 Å². The third-order valence-electron chi connectivity index (χ3n) is 17.4. The molecule has 0 saturated carbocycles. The van der Waals surface area contributed by atoms with E-state index in [1.165, 1.54) is 22.9 Å². The minimum atomic E-state index is -0.888. The fourth-order valence-electron chi connectivity index (χ4n) is 14.3. The lowest BCUT2D eigenvalue weighted by molar-refractivity contribution is 0.511. The lowest BCUT2D eigenvalue weighted by Gasteiger charge is -2.22. The number of rotatable bonds is 6. The fourth-order valence-corrected chi connectivity index (χ4v) is 14.3. The molecule has 0 nitrogen and oxygen atoms in total. The van der Waals surface area contributed by atoms with E-state index < -0.39 is 23.3 Å². The van der Waals surface area contributed by atoms with Gasteiger partial charge in [-0.25, -0.2) is 17.6 Å². The highest BCUT2D eigenvalue weighted by molar-refractivity contribution is 6.42. The third-order valence-corrected chi connectivity index (χ3v) is 17.4. The summed E-state index contributed by atoms with van der Waals surface area (Å²) in [5.74, 6) is -3.53. The maximum Gasteiger partial charge on any atom is 0.166 e. The van der Waals surface area contributed by atoms with Crippen LogP contribution in [0.1, 0.15) is 0 Å². The first kappa shape index (κ1) is 44.9. The van der Waals surface area contributed by atoms with Crippen LogP contribution >= 0.6 is 0 Å². The third kappa shape index (κ3) is 5.94. The molecule has 0 aromatic heterocycles. The molecule has 2 aliphatic carbocycles. The Morgan fingerprint density at radius 1 is 0.163 bits per heavy atom. The molecule has 0 N–H and O–H groups in total. The van der Waals surface area contributed by atoms with Gasteiger partial charge < -0.3 is 0 Å². The molecule has 372 valence electrons. The molecule has 15 aromatic rings. The molecular weight excluding hydrogens is 989 g/mol. The van der Waals surface area contributed by atoms with E-state index in [9.17, 15) is 0 Å². The second-order valence-electron chi connectivity index (χ2n) is 21.3. The fraction of sp³-hybridized carbons (Fsp3) is 0. The summed E-state index contributed by atoms with van der Waals surface area (Å²) in [6.45, 7) is 0. The Hall–Kier alpha value is -10.2. The van der Waals surface area contributed by atoms with Crippen LogP contribution in [0.2, 0.25) is 0 Å². The van der Waals surface area contributed by atoms with Crippen molar-refractivity contribution in [1.29, 1.82) is 0 Å². The summed E-state index contributed by atoms with van der Waals surface area (Å²) < 4.78 is 62.6. The standard InChI is InChI=1S/C76H40F4/c77-61-31-15-29-55(75(61)79)43-21-7-9-23-45(43)67-49-27-13-11-25-47(49)63(41-17-3-1-4-18-41)71-57-37-33-51-54-36-40-60-70-58(38-34-52(66(54)70)53-35-39-59(73(67)71)69(57)65(51)53)72-64(42-19-5-2-6-20-42)48-26-12-14-28-50(48)68(74(60)72)46-24-10-8-22-44(46)56-30-16-32-62(78)76(56)80/h1-40H. The van der Waals surface area contributed by atoms with Gasteiger partial charge in [0, 0.05) is 11.1 Å². The molecule has 0 atom stereocenters. The SMILES string of the molecule is Fc1cccc(-c2ccccc2-c2c3c(c(-c4ccccc4)c4ccccc24)-c2ccc4c5ccc6c7c(ccc(c8ccc-3c2c48)c75)-c2c-6c(-c3ccccc3-c3cccc(F)c3F)c3ccccc3c2-c2ccccc2)c1F. The maximum atomic E-state index is 16.1. The van der Waals surface area contributed by atoms with Crippen molar-refractivity contribution in [1.82, 2.24) is 0 Å². The van der Waals surface area contributed by atoms with E-state index >= 15 is 17.6 Å². The molecule has 0 fully saturated rings. The summed E-state index contributed by atoms with van der Waals surface area (Å²) in [7, 11) is 0. The normalized spacial score (nSPS) is 12.2. The maximum absolute atomic E-state index is 16.1. The first-order valence-corrected chi connectivity index (χ1v) is 27.0. The van der Waals surface area contributed by atoms with E-state index in [0.29, 0.717) is 11.1 Å². The molecule has 0 spiro atoms. The Kier molecular flexibility index (Phi) is 9.36. The number of hydrogen-bond donors (Lipinski definition) is 0. The molecule has 0 saturated heterocycles. The molecule has 17 rings (SSSR count). The van der Waals surface area contributed by atoms with Crippen molar-refractivity contribution in [3.63, 3.8) is 0 Å². The Balaban J connectivity index is 0.987. The molecule has 80 heavy (non-hydrogen) atoms. The Labute approximate surface area is 457 Å². The summed E-state index contributed by atoms with van der Waals surface area (Å²) in [6, 6.07) is 81.1. The van der Waals surface area contributed by atoms with Gasteiger partial charge in [0.25, 0.3) is 0 Å². The zero-order chi connectivity index (χ0) is 53.1. The smallest absolute Gasteiger partial charge is 0.166 e. The van der Waals surface area contributed by atoms with Crippen LogP contribution in [0.3, 0.4) is 0 Å². The monoisotopic (exact) mass is 1030 g/mol. The van der Waals surface area contributed by atoms with Gasteiger partial charge >= 0.3 is 0 Å². The lowest BCUT2D eigenvalue weighted by Crippen LogP contribution is -1.96. The highest BCUT2D eigenvalue weighted by Gasteiger charge is 2.36. The molecule has 0 bridgehead atoms. The van der Waals surface area contributed by atoms with Crippen molar-refractivity contribution in [2.45, 2.75) is 0 Å². The first-order chi connectivity index (χ1) is 39.4. The van der Waals surface area contributed by atoms with E-state index in [1.54, 1.807) is 24.3 Å². The van der Waals surface area contributed by atoms with Gasteiger partial charge in [0.05, 0.1) is 0 Å². The lowest BCUT2D eigenvalue weighted by atomic mass is 9.81. The van der Waals surface area contributed by atoms with Gasteiger partial charge in [0.15, 0.2) is 23.3 Å². The number of fused-ring (bicyclic) bond motifs is 10. The summed E-state index contributed by atoms with van der Waals surface area (Å²) in [6.07, 6.45) is 0. The van der Waals surface area contributed by atoms with E-state index in [4.69, 9.17) is 0 Å². The average Bonchev–Trinajstić information content (AvgIpc) is 2.88. The highest BCUT2D eigenvalue weighted by Crippen LogP contribution is 2.63. The second-order valence-corrected chi connectivity index (χ2v) is 21.3. The summed E-state index contributed by atoms with van der Waals surface area (Å²) >= 11 is 0. The van der Waals surface area contributed by atoms with Crippen LogP contribution < -0.4 is 0 Å². The van der Waals surface area contributed by atoms with Crippen LogP contribution in [-0.4, -0.2) is 0 Å². The largest absolute Gasteiger partial charge is 0.204 e. The molecule has 0 amide bonds. The molecule has 2 aliphatic rings. The van der Waals surface area contributed by atoms with Crippen LogP contribution in [0, 0.1) is 23.3 Å². The number of halogens is 4. The molecule has 15 aromatic carbocycles. The number of hydrogen-bond acceptors (Lipinski definition) is 0. The van der Waals surface area contributed by atoms with Crippen LogP contribution in [0.4, 0.5) is 17.6 Å². The predicted octanol–water partition coefficient (Wildman–Crippen LogP) is 21.9. The second kappa shape index (κ2) is 16.7. The van der Waals surface area contributed by atoms with Gasteiger partial charge in [-0.2, -0.15) is 0 Å². The van der Waals surface area contributed by atoms with Gasteiger partial charge in [-0.3, -0.25) is 0 Å². The van der Waals surface area contributed by atoms with Crippen LogP contribution in [0.15, 0.2) is 243 Å². The molecule has 0 radical (unpaired) electrons. The Morgan fingerprint density at radius 2 is 0.450 bits per heavy atom. The van der Waals surface area contributed by atoms with Crippen LogP contribution in [0.5, 0.6) is 0 Å². The summed E-state index contributed by atoms with van der Waals surface area (Å²) in [5.41, 5.74) is 18.4. The van der Waals surface area contributed by atoms with Gasteiger partial charge in [-0.15, -0.1) is 0 Å². The van der Waals surface area contributed by atoms with Crippen molar-refractivity contribution in [2.75, 3.05) is 0 Å². The molecule has 0 aliphatic heterocycles. The number of benzene rings is 15. The Bertz CT molecular complexity index is 4860. The van der Waals surface area contributed by atoms with Crippen molar-refractivity contribution in [3.05, 3.63) is 266 Å². The van der Waals surface area contributed by atoms with Crippen LogP contribution in [0.25, 0.3) is 176 Å². The quantitative estimate of drug-likeness (QED) is 0.0885. The van der Waals surface area contributed by atoms with Crippen molar-refractivity contribution in [3.8, 4) is 111 Å². The highest BCUT2D eigenvalue weighted by atomic mass is 19.2. The van der Waals surface area contributed by atoms with Crippen molar-refractivity contribution in [2.24, 2.45) is 0 Å². The first-order valence-electron chi connectivity index (χ1n) is 27.0. The van der Waals surface area contributed by atoms with Gasteiger partial charge in [-0.05, 0) is 177 Å². The molecular formula is C76H40F4. The minimum Gasteiger partial charge on any atom is -0.204 e. The Morgan fingerprint density at radius 3 is 0.812 bits per heavy atom. The molecule has 4 heteroatoms.